The molecule has 4 rings (SSSR count). The molecular weight excluding hydrogens is 347 g/mol. The van der Waals surface area contributed by atoms with Crippen molar-refractivity contribution in [2.75, 3.05) is 5.32 Å². The van der Waals surface area contributed by atoms with Gasteiger partial charge in [0.1, 0.15) is 17.3 Å². The van der Waals surface area contributed by atoms with Crippen LogP contribution in [0.25, 0.3) is 5.69 Å². The third kappa shape index (κ3) is 3.22. The van der Waals surface area contributed by atoms with Gasteiger partial charge in [0.05, 0.1) is 11.6 Å². The summed E-state index contributed by atoms with van der Waals surface area (Å²) < 4.78 is 18.1. The van der Waals surface area contributed by atoms with Crippen molar-refractivity contribution in [3.8, 4) is 5.69 Å². The molecule has 3 heterocycles. The zero-order valence-corrected chi connectivity index (χ0v) is 15.5. The Morgan fingerprint density at radius 1 is 1.22 bits per heavy atom. The highest BCUT2D eigenvalue weighted by molar-refractivity contribution is 5.92. The summed E-state index contributed by atoms with van der Waals surface area (Å²) in [6.07, 6.45) is 1.42. The number of aryl methyl sites for hydroxylation is 4. The smallest absolute Gasteiger partial charge is 0.229 e. The molecule has 2 aromatic heterocycles. The van der Waals surface area contributed by atoms with Crippen LogP contribution in [-0.4, -0.2) is 30.5 Å². The quantitative estimate of drug-likeness (QED) is 0.771. The van der Waals surface area contributed by atoms with Gasteiger partial charge < -0.3 is 9.88 Å². The molecule has 0 spiro atoms. The molecule has 3 aromatic rings. The van der Waals surface area contributed by atoms with Crippen molar-refractivity contribution in [2.24, 2.45) is 5.92 Å². The van der Waals surface area contributed by atoms with E-state index in [4.69, 9.17) is 0 Å². The van der Waals surface area contributed by atoms with Gasteiger partial charge in [-0.1, -0.05) is 0 Å². The van der Waals surface area contributed by atoms with E-state index in [1.807, 2.05) is 31.4 Å². The number of hydrogen-bond acceptors (Lipinski definition) is 4. The Bertz CT molecular complexity index is 1020. The van der Waals surface area contributed by atoms with Crippen LogP contribution in [0, 0.1) is 32.5 Å². The monoisotopic (exact) mass is 368 g/mol. The Balaban J connectivity index is 1.50. The number of anilines is 1. The first kappa shape index (κ1) is 17.4. The first-order valence-electron chi connectivity index (χ1n) is 8.95. The predicted molar refractivity (Wildman–Crippen MR) is 98.2 cm³/mol. The van der Waals surface area contributed by atoms with Crippen LogP contribution in [0.4, 0.5) is 10.1 Å². The lowest BCUT2D eigenvalue weighted by molar-refractivity contribution is -0.120. The molecule has 0 unspecified atom stereocenters. The van der Waals surface area contributed by atoms with E-state index in [1.54, 1.807) is 16.8 Å². The predicted octanol–water partition coefficient (Wildman–Crippen LogP) is 2.73. The maximum absolute atomic E-state index is 14.6. The summed E-state index contributed by atoms with van der Waals surface area (Å²) in [5, 5.41) is 15.3. The molecule has 0 bridgehead atoms. The summed E-state index contributed by atoms with van der Waals surface area (Å²) in [5.74, 6) is 0.983. The minimum Gasteiger partial charge on any atom is -0.326 e. The maximum Gasteiger partial charge on any atom is 0.229 e. The molecule has 1 amide bonds. The second-order valence-electron chi connectivity index (χ2n) is 7.00. The lowest BCUT2D eigenvalue weighted by Gasteiger charge is -2.23. The SMILES string of the molecule is Cc1cc(C)n(-c2ccc(NC(=O)[C@@H]3CCc4nnc(C)n4C3)cc2F)n1. The Hall–Kier alpha value is -3.03. The zero-order valence-electron chi connectivity index (χ0n) is 15.5. The lowest BCUT2D eigenvalue weighted by atomic mass is 9.98. The molecule has 1 N–H and O–H groups in total. The van der Waals surface area contributed by atoms with Crippen LogP contribution in [0.15, 0.2) is 24.3 Å². The van der Waals surface area contributed by atoms with Crippen molar-refractivity contribution in [1.29, 1.82) is 0 Å². The summed E-state index contributed by atoms with van der Waals surface area (Å²) in [6, 6.07) is 6.56. The number of fused-ring (bicyclic) bond motifs is 1. The van der Waals surface area contributed by atoms with Crippen molar-refractivity contribution in [3.63, 3.8) is 0 Å². The van der Waals surface area contributed by atoms with E-state index < -0.39 is 5.82 Å². The van der Waals surface area contributed by atoms with Crippen LogP contribution in [-0.2, 0) is 17.8 Å². The topological polar surface area (TPSA) is 77.6 Å². The van der Waals surface area contributed by atoms with Crippen LogP contribution in [0.1, 0.15) is 29.5 Å². The second kappa shape index (κ2) is 6.61. The molecule has 1 aromatic carbocycles. The highest BCUT2D eigenvalue weighted by Crippen LogP contribution is 2.23. The Morgan fingerprint density at radius 2 is 2.04 bits per heavy atom. The molecule has 0 saturated carbocycles. The van der Waals surface area contributed by atoms with E-state index in [1.165, 1.54) is 6.07 Å². The van der Waals surface area contributed by atoms with Gasteiger partial charge in [-0.2, -0.15) is 5.10 Å². The summed E-state index contributed by atoms with van der Waals surface area (Å²) in [5.41, 5.74) is 2.48. The third-order valence-electron chi connectivity index (χ3n) is 4.96. The second-order valence-corrected chi connectivity index (χ2v) is 7.00. The molecule has 7 nitrogen and oxygen atoms in total. The highest BCUT2D eigenvalue weighted by Gasteiger charge is 2.27. The number of nitrogens with one attached hydrogen (secondary N) is 1. The van der Waals surface area contributed by atoms with E-state index in [0.29, 0.717) is 30.8 Å². The average Bonchev–Trinajstić information content (AvgIpc) is 3.16. The molecule has 0 aliphatic carbocycles. The number of carbonyl (C=O) groups is 1. The van der Waals surface area contributed by atoms with Crippen LogP contribution >= 0.6 is 0 Å². The number of carbonyl (C=O) groups excluding carboxylic acids is 1. The van der Waals surface area contributed by atoms with Crippen LogP contribution in [0.3, 0.4) is 0 Å². The van der Waals surface area contributed by atoms with Gasteiger partial charge in [-0.25, -0.2) is 9.07 Å². The molecular formula is C19H21FN6O. The van der Waals surface area contributed by atoms with Gasteiger partial charge in [0, 0.05) is 24.3 Å². The molecule has 27 heavy (non-hydrogen) atoms. The van der Waals surface area contributed by atoms with E-state index in [-0.39, 0.29) is 11.8 Å². The van der Waals surface area contributed by atoms with E-state index in [2.05, 4.69) is 20.6 Å². The largest absolute Gasteiger partial charge is 0.326 e. The number of halogens is 1. The fourth-order valence-corrected chi connectivity index (χ4v) is 3.55. The Morgan fingerprint density at radius 3 is 2.74 bits per heavy atom. The Labute approximate surface area is 156 Å². The van der Waals surface area contributed by atoms with Crippen molar-refractivity contribution >= 4 is 11.6 Å². The number of hydrogen-bond donors (Lipinski definition) is 1. The first-order valence-corrected chi connectivity index (χ1v) is 8.95. The van der Waals surface area contributed by atoms with E-state index in [9.17, 15) is 9.18 Å². The number of amides is 1. The average molecular weight is 368 g/mol. The fraction of sp³-hybridized carbons (Fsp3) is 0.368. The number of benzene rings is 1. The number of nitrogens with zero attached hydrogens (tertiary/aromatic N) is 5. The lowest BCUT2D eigenvalue weighted by Crippen LogP contribution is -2.31. The molecule has 1 aliphatic rings. The van der Waals surface area contributed by atoms with Crippen molar-refractivity contribution in [2.45, 2.75) is 40.2 Å². The molecule has 1 aliphatic heterocycles. The zero-order chi connectivity index (χ0) is 19.1. The minimum atomic E-state index is -0.431. The fourth-order valence-electron chi connectivity index (χ4n) is 3.55. The maximum atomic E-state index is 14.6. The number of rotatable bonds is 3. The molecule has 0 fully saturated rings. The van der Waals surface area contributed by atoms with Crippen LogP contribution in [0.2, 0.25) is 0 Å². The van der Waals surface area contributed by atoms with Gasteiger partial charge in [0.2, 0.25) is 5.91 Å². The summed E-state index contributed by atoms with van der Waals surface area (Å²) in [4.78, 5) is 12.6. The summed E-state index contributed by atoms with van der Waals surface area (Å²) in [7, 11) is 0. The van der Waals surface area contributed by atoms with Crippen LogP contribution in [0.5, 0.6) is 0 Å². The van der Waals surface area contributed by atoms with Gasteiger partial charge in [-0.05, 0) is 51.5 Å². The Kier molecular flexibility index (Phi) is 4.25. The highest BCUT2D eigenvalue weighted by atomic mass is 19.1. The van der Waals surface area contributed by atoms with Gasteiger partial charge in [0.15, 0.2) is 5.82 Å². The van der Waals surface area contributed by atoms with Crippen molar-refractivity contribution in [1.82, 2.24) is 24.5 Å². The normalized spacial score (nSPS) is 16.2. The molecule has 0 saturated heterocycles. The summed E-state index contributed by atoms with van der Waals surface area (Å²) in [6.45, 7) is 6.17. The molecule has 140 valence electrons. The van der Waals surface area contributed by atoms with Gasteiger partial charge in [0.25, 0.3) is 0 Å². The number of aromatic nitrogens is 5. The molecule has 1 atom stereocenters. The van der Waals surface area contributed by atoms with Gasteiger partial charge in [-0.3, -0.25) is 4.79 Å². The summed E-state index contributed by atoms with van der Waals surface area (Å²) >= 11 is 0. The van der Waals surface area contributed by atoms with E-state index >= 15 is 0 Å². The third-order valence-corrected chi connectivity index (χ3v) is 4.96. The molecule has 8 heteroatoms. The first-order chi connectivity index (χ1) is 12.9. The molecule has 0 radical (unpaired) electrons. The van der Waals surface area contributed by atoms with Gasteiger partial charge >= 0.3 is 0 Å². The van der Waals surface area contributed by atoms with Crippen LogP contribution < -0.4 is 5.32 Å². The van der Waals surface area contributed by atoms with Gasteiger partial charge in [-0.15, -0.1) is 10.2 Å². The van der Waals surface area contributed by atoms with E-state index in [0.717, 1.165) is 23.0 Å². The minimum absolute atomic E-state index is 0.119. The standard InChI is InChI=1S/C19H21FN6O/c1-11-8-12(2)26(24-11)17-6-5-15(9-16(17)20)21-19(27)14-4-7-18-23-22-13(3)25(18)10-14/h5-6,8-9,14H,4,7,10H2,1-3H3,(H,21,27)/t14-/m1/s1. The van der Waals surface area contributed by atoms with Crippen molar-refractivity contribution in [3.05, 3.63) is 53.1 Å². The van der Waals surface area contributed by atoms with Crippen molar-refractivity contribution < 1.29 is 9.18 Å².